The molecule has 0 unspecified atom stereocenters. The summed E-state index contributed by atoms with van der Waals surface area (Å²) >= 11 is 0. The molecule has 1 aliphatic heterocycles. The molecule has 3 N–H and O–H groups in total. The Hall–Kier alpha value is -4.75. The smallest absolute Gasteiger partial charge is 0.348 e. The van der Waals surface area contributed by atoms with Crippen LogP contribution in [0.3, 0.4) is 0 Å². The number of carboxylic acids is 1. The summed E-state index contributed by atoms with van der Waals surface area (Å²) in [6, 6.07) is 2.35. The summed E-state index contributed by atoms with van der Waals surface area (Å²) in [5.41, 5.74) is 1.19. The number of aliphatic carboxylic acids is 1. The van der Waals surface area contributed by atoms with Gasteiger partial charge in [-0.25, -0.2) is 28.5 Å². The second kappa shape index (κ2) is 12.6. The van der Waals surface area contributed by atoms with Crippen LogP contribution < -0.4 is 27.1 Å². The number of carbonyl (C=O) groups excluding carboxylic acids is 4. The van der Waals surface area contributed by atoms with Gasteiger partial charge in [0.2, 0.25) is 5.91 Å². The van der Waals surface area contributed by atoms with Gasteiger partial charge in [0.15, 0.2) is 11.8 Å². The molecule has 0 radical (unpaired) electrons. The highest BCUT2D eigenvalue weighted by Crippen LogP contribution is 2.31. The van der Waals surface area contributed by atoms with Gasteiger partial charge in [0.05, 0.1) is 29.9 Å². The van der Waals surface area contributed by atoms with Gasteiger partial charge in [-0.05, 0) is 49.1 Å². The normalized spacial score (nSPS) is 17.6. The van der Waals surface area contributed by atoms with Crippen LogP contribution in [-0.4, -0.2) is 60.1 Å². The lowest BCUT2D eigenvalue weighted by Crippen LogP contribution is -2.49. The average molecular weight is 593 g/mol. The van der Waals surface area contributed by atoms with E-state index in [0.717, 1.165) is 47.4 Å². The largest absolute Gasteiger partial charge is 0.550 e. The summed E-state index contributed by atoms with van der Waals surface area (Å²) < 4.78 is 3.20. The number of benzene rings is 1. The number of nitrogens with one attached hydrogen (secondary N) is 3. The van der Waals surface area contributed by atoms with Crippen LogP contribution in [-0.2, 0) is 27.5 Å². The molecule has 2 aromatic heterocycles. The monoisotopic (exact) mass is 592 g/mol. The number of imidazole rings is 1. The van der Waals surface area contributed by atoms with E-state index in [0.29, 0.717) is 28.9 Å². The number of amides is 2. The Kier molecular flexibility index (Phi) is 8.73. The lowest BCUT2D eigenvalue weighted by molar-refractivity contribution is -0.306. The van der Waals surface area contributed by atoms with Gasteiger partial charge in [0, 0.05) is 31.0 Å². The highest BCUT2D eigenvalue weighted by Gasteiger charge is 2.33. The fourth-order valence-electron chi connectivity index (χ4n) is 5.95. The molecule has 5 rings (SSSR count). The zero-order valence-electron chi connectivity index (χ0n) is 23.8. The van der Waals surface area contributed by atoms with Gasteiger partial charge in [-0.15, -0.1) is 0 Å². The fraction of sp³-hybridized carbons (Fsp3) is 0.483. The third kappa shape index (κ3) is 6.52. The molecule has 14 heteroatoms. The molecule has 43 heavy (non-hydrogen) atoms. The zero-order valence-corrected chi connectivity index (χ0v) is 23.8. The lowest BCUT2D eigenvalue weighted by atomic mass is 9.84. The minimum atomic E-state index is -1.51. The third-order valence-electron chi connectivity index (χ3n) is 8.17. The van der Waals surface area contributed by atoms with Crippen molar-refractivity contribution in [3.05, 3.63) is 62.7 Å². The molecule has 3 heterocycles. The number of hydrogen-bond acceptors (Lipinski definition) is 8. The number of carboxylic acid groups (broad SMARTS) is 1. The molecule has 3 aromatic rings. The fourth-order valence-corrected chi connectivity index (χ4v) is 5.95. The van der Waals surface area contributed by atoms with E-state index < -0.39 is 53.5 Å². The van der Waals surface area contributed by atoms with E-state index in [-0.39, 0.29) is 19.6 Å². The SMILES string of the molecule is CC(=O)[C@H](CC(=O)[O-])NC(=O)[C@@H]1C=C(CC2CCCCC2)Cn2c(=O)n(CCNC(=O)c3ccc4nc[nH]c4c3)c(=O)n21. The Morgan fingerprint density at radius 1 is 1.12 bits per heavy atom. The predicted octanol–water partition coefficient (Wildman–Crippen LogP) is -0.217. The lowest BCUT2D eigenvalue weighted by Gasteiger charge is -2.28. The van der Waals surface area contributed by atoms with Crippen molar-refractivity contribution in [1.29, 1.82) is 0 Å². The molecular weight excluding hydrogens is 558 g/mol. The second-order valence-corrected chi connectivity index (χ2v) is 11.2. The minimum Gasteiger partial charge on any atom is -0.550 e. The summed E-state index contributed by atoms with van der Waals surface area (Å²) in [4.78, 5) is 83.4. The molecule has 14 nitrogen and oxygen atoms in total. The first-order valence-corrected chi connectivity index (χ1v) is 14.5. The van der Waals surface area contributed by atoms with Gasteiger partial charge in [0.25, 0.3) is 5.91 Å². The van der Waals surface area contributed by atoms with Gasteiger partial charge < -0.3 is 25.5 Å². The van der Waals surface area contributed by atoms with Crippen molar-refractivity contribution in [3.63, 3.8) is 0 Å². The first-order chi connectivity index (χ1) is 20.6. The Morgan fingerprint density at radius 2 is 1.88 bits per heavy atom. The van der Waals surface area contributed by atoms with E-state index >= 15 is 0 Å². The number of aromatic nitrogens is 5. The Morgan fingerprint density at radius 3 is 2.60 bits per heavy atom. The van der Waals surface area contributed by atoms with Crippen molar-refractivity contribution in [2.45, 2.75) is 77.0 Å². The van der Waals surface area contributed by atoms with E-state index in [4.69, 9.17) is 0 Å². The molecule has 228 valence electrons. The van der Waals surface area contributed by atoms with E-state index in [1.165, 1.54) is 17.4 Å². The van der Waals surface area contributed by atoms with Crippen LogP contribution in [0.4, 0.5) is 0 Å². The quantitative estimate of drug-likeness (QED) is 0.254. The molecule has 2 amide bonds. The summed E-state index contributed by atoms with van der Waals surface area (Å²) in [6.45, 7) is 1.10. The summed E-state index contributed by atoms with van der Waals surface area (Å²) in [7, 11) is 0. The highest BCUT2D eigenvalue weighted by molar-refractivity contribution is 5.97. The van der Waals surface area contributed by atoms with Crippen molar-refractivity contribution < 1.29 is 24.3 Å². The maximum absolute atomic E-state index is 13.5. The predicted molar refractivity (Wildman–Crippen MR) is 152 cm³/mol. The number of Topliss-reactive ketones (excluding diaryl/α,β-unsaturated/α-hetero) is 1. The van der Waals surface area contributed by atoms with Crippen molar-refractivity contribution >= 4 is 34.6 Å². The molecule has 2 aliphatic rings. The van der Waals surface area contributed by atoms with Crippen LogP contribution in [0.25, 0.3) is 11.0 Å². The van der Waals surface area contributed by atoms with E-state index in [9.17, 15) is 33.9 Å². The van der Waals surface area contributed by atoms with Gasteiger partial charge >= 0.3 is 11.4 Å². The molecule has 1 saturated carbocycles. The third-order valence-corrected chi connectivity index (χ3v) is 8.17. The number of H-pyrrole nitrogens is 1. The van der Waals surface area contributed by atoms with Crippen molar-refractivity contribution in [2.75, 3.05) is 6.54 Å². The molecule has 0 saturated heterocycles. The molecular formula is C29H34N7O7-. The average Bonchev–Trinajstić information content (AvgIpc) is 3.54. The minimum absolute atomic E-state index is 0.0315. The van der Waals surface area contributed by atoms with Crippen LogP contribution in [0, 0.1) is 5.92 Å². The molecule has 1 aromatic carbocycles. The molecule has 0 spiro atoms. The number of carbonyl (C=O) groups is 4. The van der Waals surface area contributed by atoms with E-state index in [1.807, 2.05) is 0 Å². The number of hydrogen-bond donors (Lipinski definition) is 3. The van der Waals surface area contributed by atoms with Crippen molar-refractivity contribution in [2.24, 2.45) is 5.92 Å². The van der Waals surface area contributed by atoms with E-state index in [1.54, 1.807) is 24.3 Å². The van der Waals surface area contributed by atoms with Crippen LogP contribution in [0.1, 0.15) is 68.3 Å². The first kappa shape index (κ1) is 29.7. The van der Waals surface area contributed by atoms with Crippen molar-refractivity contribution in [3.8, 4) is 0 Å². The standard InChI is InChI=1S/C29H35N7O7/c1-17(37)22(14-25(38)39)33-27(41)24-12-19(11-18-5-3-2-4-6-18)15-35-28(42)34(29(43)36(24)35)10-9-30-26(40)20-7-8-21-23(13-20)32-16-31-21/h7-8,12-13,16,18,22,24H,2-6,9-11,14-15H2,1H3,(H,30,40)(H,31,32)(H,33,41)(H,38,39)/p-1/t22-,24-/m0/s1. The molecule has 2 atom stereocenters. The van der Waals surface area contributed by atoms with Crippen molar-refractivity contribution in [1.82, 2.24) is 34.5 Å². The second-order valence-electron chi connectivity index (χ2n) is 11.2. The molecule has 0 bridgehead atoms. The van der Waals surface area contributed by atoms with Crippen LogP contribution in [0.2, 0.25) is 0 Å². The maximum atomic E-state index is 13.5. The topological polar surface area (TPSA) is 193 Å². The number of rotatable bonds is 11. The molecule has 1 aliphatic carbocycles. The Labute approximate surface area is 245 Å². The van der Waals surface area contributed by atoms with Gasteiger partial charge in [-0.1, -0.05) is 32.1 Å². The summed E-state index contributed by atoms with van der Waals surface area (Å²) in [5, 5.41) is 16.3. The maximum Gasteiger partial charge on any atom is 0.348 e. The first-order valence-electron chi connectivity index (χ1n) is 14.5. The number of nitrogens with zero attached hydrogens (tertiary/aromatic N) is 4. The molecule has 1 fully saturated rings. The van der Waals surface area contributed by atoms with Crippen LogP contribution in [0.15, 0.2) is 45.8 Å². The number of ketones is 1. The van der Waals surface area contributed by atoms with Crippen LogP contribution >= 0.6 is 0 Å². The highest BCUT2D eigenvalue weighted by atomic mass is 16.4. The number of aromatic amines is 1. The zero-order chi connectivity index (χ0) is 30.7. The van der Waals surface area contributed by atoms with E-state index in [2.05, 4.69) is 20.6 Å². The number of fused-ring (bicyclic) bond motifs is 2. The Bertz CT molecular complexity index is 1700. The number of allylic oxidation sites excluding steroid dienone is 1. The van der Waals surface area contributed by atoms with Gasteiger partial charge in [0.1, 0.15) is 0 Å². The summed E-state index contributed by atoms with van der Waals surface area (Å²) in [5.74, 6) is -2.88. The summed E-state index contributed by atoms with van der Waals surface area (Å²) in [6.07, 6.45) is 8.53. The van der Waals surface area contributed by atoms with Crippen LogP contribution in [0.5, 0.6) is 0 Å². The van der Waals surface area contributed by atoms with Gasteiger partial charge in [-0.3, -0.25) is 14.4 Å². The Balaban J connectivity index is 1.37. The van der Waals surface area contributed by atoms with Gasteiger partial charge in [-0.2, -0.15) is 0 Å².